The van der Waals surface area contributed by atoms with Crippen LogP contribution in [0.4, 0.5) is 0 Å². The van der Waals surface area contributed by atoms with Crippen LogP contribution in [0, 0.1) is 11.8 Å². The molecule has 0 aromatic rings. The summed E-state index contributed by atoms with van der Waals surface area (Å²) in [4.78, 5) is 15.0. The first kappa shape index (κ1) is 5.15. The third kappa shape index (κ3) is 0.506. The summed E-state index contributed by atoms with van der Waals surface area (Å²) >= 11 is 0. The number of fused-ring (bicyclic) bond motifs is 1. The smallest absolute Gasteiger partial charge is 0.142 e. The van der Waals surface area contributed by atoms with E-state index in [1.54, 1.807) is 0 Å². The number of rotatable bonds is 0. The van der Waals surface area contributed by atoms with E-state index in [2.05, 4.69) is 4.99 Å². The molecule has 1 saturated carbocycles. The van der Waals surface area contributed by atoms with Gasteiger partial charge in [0.1, 0.15) is 5.78 Å². The molecule has 2 heteroatoms. The number of Topliss-reactive ketones (excluding diaryl/α,β-unsaturated/α-hetero) is 1. The van der Waals surface area contributed by atoms with Crippen LogP contribution in [0.5, 0.6) is 0 Å². The van der Waals surface area contributed by atoms with Crippen LogP contribution in [0.2, 0.25) is 0 Å². The predicted octanol–water partition coefficient (Wildman–Crippen LogP) is 0.666. The molecule has 2 rings (SSSR count). The number of ketones is 1. The SMILES string of the molecule is CC1=NC[C@@H]2CC(=O)[C@H]12. The van der Waals surface area contributed by atoms with Crippen LogP contribution < -0.4 is 0 Å². The van der Waals surface area contributed by atoms with Crippen molar-refractivity contribution < 1.29 is 4.79 Å². The topological polar surface area (TPSA) is 29.4 Å². The Morgan fingerprint density at radius 1 is 1.67 bits per heavy atom. The third-order valence-electron chi connectivity index (χ3n) is 2.31. The molecule has 2 aliphatic rings. The van der Waals surface area contributed by atoms with Gasteiger partial charge in [0.25, 0.3) is 0 Å². The van der Waals surface area contributed by atoms with Gasteiger partial charge in [0, 0.05) is 24.6 Å². The van der Waals surface area contributed by atoms with E-state index in [0.717, 1.165) is 18.7 Å². The van der Waals surface area contributed by atoms with E-state index in [0.29, 0.717) is 11.7 Å². The van der Waals surface area contributed by atoms with Gasteiger partial charge in [-0.1, -0.05) is 0 Å². The van der Waals surface area contributed by atoms with Crippen molar-refractivity contribution in [1.82, 2.24) is 0 Å². The van der Waals surface area contributed by atoms with E-state index in [1.165, 1.54) is 0 Å². The van der Waals surface area contributed by atoms with E-state index < -0.39 is 0 Å². The number of nitrogens with zero attached hydrogens (tertiary/aromatic N) is 1. The molecule has 0 aromatic heterocycles. The summed E-state index contributed by atoms with van der Waals surface area (Å²) in [6.07, 6.45) is 0.783. The summed E-state index contributed by atoms with van der Waals surface area (Å²) in [7, 11) is 0. The van der Waals surface area contributed by atoms with E-state index in [9.17, 15) is 4.79 Å². The number of hydrogen-bond acceptors (Lipinski definition) is 2. The fraction of sp³-hybridized carbons (Fsp3) is 0.714. The lowest BCUT2D eigenvalue weighted by Gasteiger charge is -2.27. The zero-order valence-corrected chi connectivity index (χ0v) is 5.42. The summed E-state index contributed by atoms with van der Waals surface area (Å²) < 4.78 is 0. The highest BCUT2D eigenvalue weighted by molar-refractivity contribution is 6.09. The number of aliphatic imine (C=N–C) groups is 1. The van der Waals surface area contributed by atoms with Gasteiger partial charge in [-0.3, -0.25) is 9.79 Å². The minimum atomic E-state index is 0.241. The van der Waals surface area contributed by atoms with Gasteiger partial charge in [0.05, 0.1) is 5.92 Å². The Kier molecular flexibility index (Phi) is 0.821. The molecule has 2 nitrogen and oxygen atoms in total. The molecule has 0 radical (unpaired) electrons. The minimum Gasteiger partial charge on any atom is -0.299 e. The van der Waals surface area contributed by atoms with E-state index in [-0.39, 0.29) is 5.92 Å². The molecule has 2 atom stereocenters. The summed E-state index contributed by atoms with van der Waals surface area (Å²) in [6.45, 7) is 2.87. The van der Waals surface area contributed by atoms with Gasteiger partial charge in [-0.05, 0) is 6.92 Å². The molecule has 0 amide bonds. The van der Waals surface area contributed by atoms with Crippen molar-refractivity contribution in [2.45, 2.75) is 13.3 Å². The third-order valence-corrected chi connectivity index (χ3v) is 2.31. The van der Waals surface area contributed by atoms with Crippen molar-refractivity contribution in [3.63, 3.8) is 0 Å². The Labute approximate surface area is 54.0 Å². The van der Waals surface area contributed by atoms with Crippen molar-refractivity contribution >= 4 is 11.5 Å². The highest BCUT2D eigenvalue weighted by Gasteiger charge is 2.44. The maximum absolute atomic E-state index is 10.8. The molecular formula is C7H9NO. The molecule has 0 spiro atoms. The molecule has 0 aromatic carbocycles. The number of hydrogen-bond donors (Lipinski definition) is 0. The van der Waals surface area contributed by atoms with Crippen LogP contribution in [0.15, 0.2) is 4.99 Å². The first-order chi connectivity index (χ1) is 4.29. The maximum atomic E-state index is 10.8. The summed E-state index contributed by atoms with van der Waals surface area (Å²) in [6, 6.07) is 0. The molecule has 1 heterocycles. The Hall–Kier alpha value is -0.660. The first-order valence-corrected chi connectivity index (χ1v) is 3.32. The standard InChI is InChI=1S/C7H9NO/c1-4-7-5(3-8-4)2-6(7)9/h5,7H,2-3H2,1H3/t5-,7+/m0/s1. The second-order valence-corrected chi connectivity index (χ2v) is 2.89. The summed E-state index contributed by atoms with van der Waals surface area (Å²) in [5, 5.41) is 0. The molecule has 9 heavy (non-hydrogen) atoms. The molecule has 1 aliphatic heterocycles. The zero-order valence-electron chi connectivity index (χ0n) is 5.42. The Morgan fingerprint density at radius 2 is 2.44 bits per heavy atom. The molecule has 1 aliphatic carbocycles. The van der Waals surface area contributed by atoms with Crippen molar-refractivity contribution in [3.8, 4) is 0 Å². The van der Waals surface area contributed by atoms with E-state index in [1.807, 2.05) is 6.92 Å². The molecule has 0 saturated heterocycles. The average molecular weight is 123 g/mol. The maximum Gasteiger partial charge on any atom is 0.142 e. The second kappa shape index (κ2) is 1.43. The van der Waals surface area contributed by atoms with Gasteiger partial charge >= 0.3 is 0 Å². The van der Waals surface area contributed by atoms with Crippen LogP contribution in [0.1, 0.15) is 13.3 Å². The van der Waals surface area contributed by atoms with Crippen molar-refractivity contribution in [2.24, 2.45) is 16.8 Å². The largest absolute Gasteiger partial charge is 0.299 e. The van der Waals surface area contributed by atoms with Crippen molar-refractivity contribution in [1.29, 1.82) is 0 Å². The molecular weight excluding hydrogens is 114 g/mol. The molecule has 0 N–H and O–H groups in total. The lowest BCUT2D eigenvalue weighted by molar-refractivity contribution is -0.129. The Balaban J connectivity index is 2.24. The van der Waals surface area contributed by atoms with Gasteiger partial charge in [0.15, 0.2) is 0 Å². The molecule has 1 fully saturated rings. The van der Waals surface area contributed by atoms with Gasteiger partial charge in [-0.25, -0.2) is 0 Å². The van der Waals surface area contributed by atoms with Crippen LogP contribution in [-0.4, -0.2) is 18.0 Å². The monoisotopic (exact) mass is 123 g/mol. The van der Waals surface area contributed by atoms with Gasteiger partial charge in [-0.2, -0.15) is 0 Å². The Bertz CT molecular complexity index is 195. The Morgan fingerprint density at radius 3 is 2.89 bits per heavy atom. The summed E-state index contributed by atoms with van der Waals surface area (Å²) in [5.74, 6) is 1.24. The highest BCUT2D eigenvalue weighted by atomic mass is 16.1. The average Bonchev–Trinajstić information content (AvgIpc) is 2.04. The molecule has 48 valence electrons. The highest BCUT2D eigenvalue weighted by Crippen LogP contribution is 2.36. The quantitative estimate of drug-likeness (QED) is 0.465. The minimum absolute atomic E-state index is 0.241. The number of carbonyl (C=O) groups excluding carboxylic acids is 1. The van der Waals surface area contributed by atoms with E-state index in [4.69, 9.17) is 0 Å². The molecule has 0 unspecified atom stereocenters. The normalized spacial score (nSPS) is 39.7. The fourth-order valence-electron chi connectivity index (χ4n) is 1.71. The zero-order chi connectivity index (χ0) is 6.43. The van der Waals surface area contributed by atoms with E-state index >= 15 is 0 Å². The number of carbonyl (C=O) groups is 1. The lowest BCUT2D eigenvalue weighted by Crippen LogP contribution is -2.38. The van der Waals surface area contributed by atoms with Gasteiger partial charge < -0.3 is 0 Å². The molecule has 0 bridgehead atoms. The lowest BCUT2D eigenvalue weighted by atomic mass is 9.72. The van der Waals surface area contributed by atoms with Crippen LogP contribution >= 0.6 is 0 Å². The van der Waals surface area contributed by atoms with Crippen LogP contribution in [-0.2, 0) is 4.79 Å². The van der Waals surface area contributed by atoms with Crippen molar-refractivity contribution in [3.05, 3.63) is 0 Å². The van der Waals surface area contributed by atoms with Gasteiger partial charge in [-0.15, -0.1) is 0 Å². The van der Waals surface area contributed by atoms with Crippen molar-refractivity contribution in [2.75, 3.05) is 6.54 Å². The van der Waals surface area contributed by atoms with Gasteiger partial charge in [0.2, 0.25) is 0 Å². The van der Waals surface area contributed by atoms with Crippen LogP contribution in [0.25, 0.3) is 0 Å². The summed E-state index contributed by atoms with van der Waals surface area (Å²) in [5.41, 5.74) is 1.07. The fourth-order valence-corrected chi connectivity index (χ4v) is 1.71. The predicted molar refractivity (Wildman–Crippen MR) is 34.6 cm³/mol. The first-order valence-electron chi connectivity index (χ1n) is 3.32. The second-order valence-electron chi connectivity index (χ2n) is 2.89. The van der Waals surface area contributed by atoms with Crippen LogP contribution in [0.3, 0.4) is 0 Å².